The summed E-state index contributed by atoms with van der Waals surface area (Å²) >= 11 is 0. The lowest BCUT2D eigenvalue weighted by atomic mass is 10.1. The topological polar surface area (TPSA) is 132 Å². The molecule has 0 aliphatic heterocycles. The van der Waals surface area contributed by atoms with E-state index in [2.05, 4.69) is 44.8 Å². The number of ether oxygens (including phenoxy) is 4. The molecule has 0 saturated heterocycles. The van der Waals surface area contributed by atoms with Gasteiger partial charge in [-0.1, -0.05) is 72.5 Å². The molecule has 1 atom stereocenters. The van der Waals surface area contributed by atoms with E-state index in [9.17, 15) is 24.0 Å². The molecule has 1 unspecified atom stereocenters. The third-order valence-corrected chi connectivity index (χ3v) is 7.22. The molecule has 0 N–H and O–H groups in total. The monoisotopic (exact) mass is 776 g/mol. The molecule has 51 heavy (non-hydrogen) atoms. The van der Waals surface area contributed by atoms with Crippen molar-refractivity contribution in [3.05, 3.63) is 12.2 Å². The minimum atomic E-state index is -0.472. The van der Waals surface area contributed by atoms with Gasteiger partial charge in [0.1, 0.15) is 33.4 Å². The number of allylic oxidation sites excluding steroid dienone is 1. The Morgan fingerprint density at radius 2 is 1.24 bits per heavy atom. The average Bonchev–Trinajstić information content (AvgIpc) is 2.94. The second kappa shape index (κ2) is 37.4. The summed E-state index contributed by atoms with van der Waals surface area (Å²) in [7, 11) is 7.53. The zero-order chi connectivity index (χ0) is 36.1. The van der Waals surface area contributed by atoms with Crippen molar-refractivity contribution >= 4 is 29.8 Å². The van der Waals surface area contributed by atoms with Crippen molar-refractivity contribution in [3.8, 4) is 0 Å². The van der Waals surface area contributed by atoms with Crippen LogP contribution in [-0.2, 0) is 47.8 Å². The van der Waals surface area contributed by atoms with E-state index in [4.69, 9.17) is 19.0 Å². The van der Waals surface area contributed by atoms with Gasteiger partial charge in [0, 0.05) is 33.6 Å². The van der Waals surface area contributed by atoms with Gasteiger partial charge in [-0.15, -0.1) is 4.65 Å². The summed E-state index contributed by atoms with van der Waals surface area (Å²) in [4.78, 5) is 61.3. The Hall–Kier alpha value is -2.41. The quantitative estimate of drug-likeness (QED) is 0.0253. The van der Waals surface area contributed by atoms with Crippen molar-refractivity contribution in [1.29, 1.82) is 0 Å². The fourth-order valence-corrected chi connectivity index (χ4v) is 4.21. The number of hydroxylamine groups is 3. The first kappa shape index (κ1) is 60.7. The van der Waals surface area contributed by atoms with Crippen LogP contribution in [0.5, 0.6) is 0 Å². The largest absolute Gasteiger partial charge is 1.00 e. The van der Waals surface area contributed by atoms with E-state index in [0.29, 0.717) is 19.4 Å². The zero-order valence-electron chi connectivity index (χ0n) is 31.7. The van der Waals surface area contributed by atoms with E-state index in [0.717, 1.165) is 81.8 Å². The summed E-state index contributed by atoms with van der Waals surface area (Å²) in [6.07, 6.45) is 16.2. The van der Waals surface area contributed by atoms with Crippen molar-refractivity contribution in [2.24, 2.45) is 0 Å². The second-order valence-corrected chi connectivity index (χ2v) is 12.9. The normalized spacial score (nSPS) is 11.1. The predicted octanol–water partition coefficient (Wildman–Crippen LogP) is 1.09. The van der Waals surface area contributed by atoms with E-state index >= 15 is 0 Å². The maximum atomic E-state index is 12.4. The third kappa shape index (κ3) is 45.6. The van der Waals surface area contributed by atoms with Crippen LogP contribution in [0, 0.1) is 0 Å². The molecule has 0 saturated carbocycles. The van der Waals surface area contributed by atoms with Crippen LogP contribution in [0.25, 0.3) is 0 Å². The van der Waals surface area contributed by atoms with Crippen molar-refractivity contribution in [3.63, 3.8) is 0 Å². The highest BCUT2D eigenvalue weighted by Gasteiger charge is 2.27. The maximum absolute atomic E-state index is 12.4. The molecule has 0 aliphatic rings. The standard InChI is InChI=1S/C27H48NO8.C8H18NO2.2CH4.2ClH/c1-6-7-8-15-18-25(35-27(32)21-28(4,5)36-24(3)30)19-16-13-11-9-10-12-14-17-20-26(31)34-22-33-23(2)29;1-5-9(3,4)6-7-11-8(2)10;;;;/h13,16,25H,6-12,14-15,17-22H2,1-5H3;5-7H2,1-4H3;2*1H4;2*1H/q2*+1;;;;/p-2/b16-13-;;;;;. The van der Waals surface area contributed by atoms with E-state index in [1.165, 1.54) is 27.2 Å². The number of rotatable bonds is 25. The molecule has 12 nitrogen and oxygen atoms in total. The van der Waals surface area contributed by atoms with Crippen LogP contribution in [0.2, 0.25) is 0 Å². The molecule has 0 aliphatic carbocycles. The molecular formula is C37H74Cl2N2O10. The van der Waals surface area contributed by atoms with Crippen molar-refractivity contribution in [1.82, 2.24) is 0 Å². The lowest BCUT2D eigenvalue weighted by Crippen LogP contribution is -3.00. The number of unbranched alkanes of at least 4 members (excludes halogenated alkanes) is 8. The van der Waals surface area contributed by atoms with E-state index < -0.39 is 11.9 Å². The van der Waals surface area contributed by atoms with Gasteiger partial charge >= 0.3 is 29.8 Å². The molecule has 0 bridgehead atoms. The minimum Gasteiger partial charge on any atom is -1.00 e. The first-order valence-corrected chi connectivity index (χ1v) is 17.2. The van der Waals surface area contributed by atoms with Gasteiger partial charge in [-0.25, -0.2) is 9.59 Å². The van der Waals surface area contributed by atoms with Crippen LogP contribution in [0.1, 0.15) is 133 Å². The Kier molecular flexibility index (Phi) is 44.4. The summed E-state index contributed by atoms with van der Waals surface area (Å²) in [5.41, 5.74) is 0. The molecule has 306 valence electrons. The zero-order valence-corrected chi connectivity index (χ0v) is 33.2. The van der Waals surface area contributed by atoms with Crippen LogP contribution in [0.3, 0.4) is 0 Å². The van der Waals surface area contributed by atoms with Crippen molar-refractivity contribution < 1.29 is 81.7 Å². The van der Waals surface area contributed by atoms with Gasteiger partial charge in [0.25, 0.3) is 0 Å². The fraction of sp³-hybridized carbons (Fsp3) is 0.811. The highest BCUT2D eigenvalue weighted by atomic mass is 35.5. The Morgan fingerprint density at radius 1 is 0.667 bits per heavy atom. The third-order valence-electron chi connectivity index (χ3n) is 7.22. The number of hydrogen-bond acceptors (Lipinski definition) is 10. The molecule has 0 spiro atoms. The molecular weight excluding hydrogens is 703 g/mol. The summed E-state index contributed by atoms with van der Waals surface area (Å²) in [6, 6.07) is 0. The number of quaternary nitrogens is 2. The van der Waals surface area contributed by atoms with Gasteiger partial charge in [-0.3, -0.25) is 19.2 Å². The molecule has 0 aromatic heterocycles. The number of halogens is 2. The highest BCUT2D eigenvalue weighted by Crippen LogP contribution is 2.15. The van der Waals surface area contributed by atoms with E-state index in [-0.39, 0.29) is 81.7 Å². The van der Waals surface area contributed by atoms with Crippen molar-refractivity contribution in [2.75, 3.05) is 61.2 Å². The number of carbonyl (C=O) groups excluding carboxylic acids is 5. The highest BCUT2D eigenvalue weighted by molar-refractivity contribution is 5.71. The SMILES string of the molecule is C.C.CCCCCCC(C/C=C\CCCCCCCC(=O)OCOC(C)=O)OC(=O)C[N+](C)(C)OC(C)=O.CC[N+](C)(C)CCOC(C)=O.[Cl-].[Cl-]. The summed E-state index contributed by atoms with van der Waals surface area (Å²) in [6.45, 7) is 10.4. The van der Waals surface area contributed by atoms with Gasteiger partial charge in [-0.2, -0.15) is 0 Å². The van der Waals surface area contributed by atoms with Crippen molar-refractivity contribution in [2.45, 2.75) is 139 Å². The Morgan fingerprint density at radius 3 is 1.78 bits per heavy atom. The van der Waals surface area contributed by atoms with Crippen LogP contribution >= 0.6 is 0 Å². The molecule has 0 heterocycles. The Bertz CT molecular complexity index is 931. The molecule has 0 rings (SSSR count). The van der Waals surface area contributed by atoms with Crippen LogP contribution in [0.4, 0.5) is 0 Å². The number of hydrogen-bond donors (Lipinski definition) is 0. The van der Waals surface area contributed by atoms with Crippen LogP contribution in [-0.4, -0.2) is 106 Å². The Balaban J connectivity index is -0.000000291. The lowest BCUT2D eigenvalue weighted by molar-refractivity contribution is -1.05. The van der Waals surface area contributed by atoms with E-state index in [1.807, 2.05) is 0 Å². The first-order chi connectivity index (χ1) is 22.0. The predicted molar refractivity (Wildman–Crippen MR) is 194 cm³/mol. The minimum absolute atomic E-state index is 0. The van der Waals surface area contributed by atoms with Gasteiger partial charge in [0.05, 0.1) is 20.6 Å². The van der Waals surface area contributed by atoms with Gasteiger partial charge in [-0.05, 0) is 39.0 Å². The number of carbonyl (C=O) groups is 5. The maximum Gasteiger partial charge on any atom is 0.365 e. The average molecular weight is 778 g/mol. The number of esters is 4. The summed E-state index contributed by atoms with van der Waals surface area (Å²) in [5, 5.41) is 0. The van der Waals surface area contributed by atoms with Crippen LogP contribution in [0.15, 0.2) is 12.2 Å². The Labute approximate surface area is 323 Å². The molecule has 0 aromatic rings. The molecule has 14 heteroatoms. The van der Waals surface area contributed by atoms with E-state index in [1.54, 1.807) is 14.1 Å². The second-order valence-electron chi connectivity index (χ2n) is 12.9. The summed E-state index contributed by atoms with van der Waals surface area (Å²) in [5.74, 6) is -1.82. The summed E-state index contributed by atoms with van der Waals surface area (Å²) < 4.78 is 20.6. The number of likely N-dealkylation sites (N-methyl/N-ethyl adjacent to an activating group) is 2. The fourth-order valence-electron chi connectivity index (χ4n) is 4.21. The van der Waals surface area contributed by atoms with Gasteiger partial charge < -0.3 is 48.2 Å². The molecule has 0 aromatic carbocycles. The van der Waals surface area contributed by atoms with Crippen LogP contribution < -0.4 is 24.8 Å². The van der Waals surface area contributed by atoms with Gasteiger partial charge in [0.15, 0.2) is 0 Å². The lowest BCUT2D eigenvalue weighted by Gasteiger charge is -2.27. The van der Waals surface area contributed by atoms with Gasteiger partial charge in [0.2, 0.25) is 13.3 Å². The molecule has 0 amide bonds. The first-order valence-electron chi connectivity index (χ1n) is 17.2. The number of nitrogens with zero attached hydrogens (tertiary/aromatic N) is 2. The smallest absolute Gasteiger partial charge is 0.365 e. The molecule has 0 fully saturated rings. The molecule has 0 radical (unpaired) electrons.